The molecule has 1 aliphatic carbocycles. The van der Waals surface area contributed by atoms with E-state index in [1.807, 2.05) is 36.4 Å². The molecule has 0 unspecified atom stereocenters. The maximum atomic E-state index is 11.4. The molecule has 0 spiro atoms. The van der Waals surface area contributed by atoms with Crippen molar-refractivity contribution in [3.05, 3.63) is 54.1 Å². The van der Waals surface area contributed by atoms with Crippen LogP contribution in [0.25, 0.3) is 0 Å². The molecule has 1 fully saturated rings. The van der Waals surface area contributed by atoms with Gasteiger partial charge >= 0.3 is 0 Å². The van der Waals surface area contributed by atoms with Crippen LogP contribution >= 0.6 is 0 Å². The summed E-state index contributed by atoms with van der Waals surface area (Å²) in [6.07, 6.45) is 0. The van der Waals surface area contributed by atoms with Gasteiger partial charge in [0.25, 0.3) is 0 Å². The molecule has 25 heavy (non-hydrogen) atoms. The fourth-order valence-electron chi connectivity index (χ4n) is 3.66. The Kier molecular flexibility index (Phi) is 4.51. The molecule has 1 aliphatic rings. The second kappa shape index (κ2) is 6.35. The van der Waals surface area contributed by atoms with E-state index in [1.54, 1.807) is 19.2 Å². The van der Waals surface area contributed by atoms with Crippen LogP contribution in [0.2, 0.25) is 0 Å². The second-order valence-electron chi connectivity index (χ2n) is 7.10. The molecule has 2 aromatic carbocycles. The molecule has 6 heteroatoms. The molecule has 2 aromatic rings. The van der Waals surface area contributed by atoms with Gasteiger partial charge in [0.05, 0.1) is 17.7 Å². The lowest BCUT2D eigenvalue weighted by Gasteiger charge is -2.11. The van der Waals surface area contributed by atoms with Crippen molar-refractivity contribution in [2.75, 3.05) is 19.0 Å². The molecule has 134 valence electrons. The number of nitrogens with one attached hydrogen (secondary N) is 1. The van der Waals surface area contributed by atoms with Crippen LogP contribution in [-0.4, -0.2) is 22.1 Å². The Bertz CT molecular complexity index is 860. The van der Waals surface area contributed by atoms with Gasteiger partial charge in [0.15, 0.2) is 0 Å². The van der Waals surface area contributed by atoms with Crippen molar-refractivity contribution in [2.45, 2.75) is 24.7 Å². The Labute approximate surface area is 149 Å². The molecule has 1 saturated carbocycles. The van der Waals surface area contributed by atoms with Gasteiger partial charge in [-0.25, -0.2) is 13.6 Å². The molecule has 0 amide bonds. The minimum Gasteiger partial charge on any atom is -0.495 e. The minimum atomic E-state index is -3.65. The third-order valence-electron chi connectivity index (χ3n) is 5.24. The van der Waals surface area contributed by atoms with Gasteiger partial charge in [-0.3, -0.25) is 0 Å². The fourth-order valence-corrected chi connectivity index (χ4v) is 4.18. The summed E-state index contributed by atoms with van der Waals surface area (Å²) in [5, 5.41) is 8.65. The number of hydrogen-bond donors (Lipinski definition) is 2. The first-order valence-corrected chi connectivity index (χ1v) is 9.79. The van der Waals surface area contributed by atoms with E-state index in [0.717, 1.165) is 23.5 Å². The van der Waals surface area contributed by atoms with Crippen LogP contribution in [0.5, 0.6) is 5.75 Å². The minimum absolute atomic E-state index is 0.151. The Hall–Kier alpha value is -2.05. The highest BCUT2D eigenvalue weighted by atomic mass is 32.2. The van der Waals surface area contributed by atoms with Crippen molar-refractivity contribution in [2.24, 2.45) is 16.5 Å². The van der Waals surface area contributed by atoms with Crippen molar-refractivity contribution < 1.29 is 13.2 Å². The van der Waals surface area contributed by atoms with Crippen LogP contribution in [0.15, 0.2) is 53.4 Å². The zero-order valence-electron chi connectivity index (χ0n) is 14.7. The summed E-state index contributed by atoms with van der Waals surface area (Å²) in [4.78, 5) is 0.151. The number of anilines is 1. The van der Waals surface area contributed by atoms with Crippen LogP contribution in [0.1, 0.15) is 25.3 Å². The van der Waals surface area contributed by atoms with Crippen LogP contribution in [0, 0.1) is 11.3 Å². The first-order chi connectivity index (χ1) is 11.7. The highest BCUT2D eigenvalue weighted by Crippen LogP contribution is 2.64. The van der Waals surface area contributed by atoms with Crippen molar-refractivity contribution in [3.8, 4) is 5.75 Å². The Morgan fingerprint density at radius 3 is 2.36 bits per heavy atom. The molecule has 3 N–H and O–H groups in total. The standard InChI is InChI=1S/C19H24N2O3S/c1-19(2)15(12-21-16-6-4-5-7-17(16)24-3)18(19)13-8-10-14(11-9-13)25(20,22)23/h4-11,15,18,21H,12H2,1-3H3,(H2,20,22,23)/t15-,18-/m1/s1. The van der Waals surface area contributed by atoms with Crippen LogP contribution in [-0.2, 0) is 10.0 Å². The number of hydrogen-bond acceptors (Lipinski definition) is 4. The van der Waals surface area contributed by atoms with Gasteiger partial charge in [-0.2, -0.15) is 0 Å². The lowest BCUT2D eigenvalue weighted by Crippen LogP contribution is -2.11. The van der Waals surface area contributed by atoms with E-state index in [1.165, 1.54) is 0 Å². The Balaban J connectivity index is 1.72. The average molecular weight is 360 g/mol. The summed E-state index contributed by atoms with van der Waals surface area (Å²) < 4.78 is 28.2. The van der Waals surface area contributed by atoms with Crippen LogP contribution in [0.3, 0.4) is 0 Å². The zero-order chi connectivity index (χ0) is 18.2. The molecule has 0 heterocycles. The summed E-state index contributed by atoms with van der Waals surface area (Å²) in [6, 6.07) is 14.8. The summed E-state index contributed by atoms with van der Waals surface area (Å²) in [6.45, 7) is 5.30. The van der Waals surface area contributed by atoms with Gasteiger partial charge in [-0.15, -0.1) is 0 Å². The van der Waals surface area contributed by atoms with Gasteiger partial charge < -0.3 is 10.1 Å². The van der Waals surface area contributed by atoms with E-state index in [9.17, 15) is 8.42 Å². The predicted molar refractivity (Wildman–Crippen MR) is 99.3 cm³/mol. The van der Waals surface area contributed by atoms with Gasteiger partial charge in [-0.05, 0) is 47.1 Å². The molecular weight excluding hydrogens is 336 g/mol. The maximum Gasteiger partial charge on any atom is 0.238 e. The topological polar surface area (TPSA) is 81.4 Å². The van der Waals surface area contributed by atoms with E-state index < -0.39 is 10.0 Å². The molecule has 0 aromatic heterocycles. The Morgan fingerprint density at radius 1 is 1.12 bits per heavy atom. The van der Waals surface area contributed by atoms with Gasteiger partial charge in [-0.1, -0.05) is 38.1 Å². The first kappa shape index (κ1) is 17.8. The van der Waals surface area contributed by atoms with Gasteiger partial charge in [0, 0.05) is 6.54 Å². The normalized spacial score (nSPS) is 21.6. The lowest BCUT2D eigenvalue weighted by atomic mass is 10.0. The van der Waals surface area contributed by atoms with E-state index in [4.69, 9.17) is 9.88 Å². The fraction of sp³-hybridized carbons (Fsp3) is 0.368. The van der Waals surface area contributed by atoms with E-state index in [0.29, 0.717) is 11.8 Å². The number of benzene rings is 2. The smallest absolute Gasteiger partial charge is 0.238 e. The summed E-state index contributed by atoms with van der Waals surface area (Å²) in [7, 11) is -1.98. The molecule has 0 radical (unpaired) electrons. The number of para-hydroxylation sites is 2. The summed E-state index contributed by atoms with van der Waals surface area (Å²) in [5.74, 6) is 1.66. The average Bonchev–Trinajstić information content (AvgIpc) is 3.13. The predicted octanol–water partition coefficient (Wildman–Crippen LogP) is 3.19. The van der Waals surface area contributed by atoms with Crippen molar-refractivity contribution in [1.29, 1.82) is 0 Å². The van der Waals surface area contributed by atoms with Gasteiger partial charge in [0.1, 0.15) is 5.75 Å². The molecule has 0 saturated heterocycles. The summed E-state index contributed by atoms with van der Waals surface area (Å²) in [5.41, 5.74) is 2.28. The number of nitrogens with two attached hydrogens (primary N) is 1. The summed E-state index contributed by atoms with van der Waals surface area (Å²) >= 11 is 0. The zero-order valence-corrected chi connectivity index (χ0v) is 15.5. The number of ether oxygens (including phenoxy) is 1. The lowest BCUT2D eigenvalue weighted by molar-refractivity contribution is 0.416. The largest absolute Gasteiger partial charge is 0.495 e. The van der Waals surface area contributed by atoms with E-state index >= 15 is 0 Å². The monoisotopic (exact) mass is 360 g/mol. The van der Waals surface area contributed by atoms with Crippen molar-refractivity contribution in [3.63, 3.8) is 0 Å². The third kappa shape index (κ3) is 3.50. The number of methoxy groups -OCH3 is 1. The molecular formula is C19H24N2O3S. The van der Waals surface area contributed by atoms with Crippen molar-refractivity contribution >= 4 is 15.7 Å². The highest BCUT2D eigenvalue weighted by molar-refractivity contribution is 7.89. The Morgan fingerprint density at radius 2 is 1.76 bits per heavy atom. The third-order valence-corrected chi connectivity index (χ3v) is 6.17. The highest BCUT2D eigenvalue weighted by Gasteiger charge is 2.57. The van der Waals surface area contributed by atoms with Crippen molar-refractivity contribution in [1.82, 2.24) is 0 Å². The SMILES string of the molecule is COc1ccccc1NC[C@@H]1[C@@H](c2ccc(S(N)(=O)=O)cc2)C1(C)C. The maximum absolute atomic E-state index is 11.4. The van der Waals surface area contributed by atoms with Crippen LogP contribution in [0.4, 0.5) is 5.69 Å². The molecule has 2 atom stereocenters. The molecule has 5 nitrogen and oxygen atoms in total. The number of sulfonamides is 1. The number of primary sulfonamides is 1. The molecule has 0 bridgehead atoms. The first-order valence-electron chi connectivity index (χ1n) is 8.25. The molecule has 3 rings (SSSR count). The molecule has 0 aliphatic heterocycles. The second-order valence-corrected chi connectivity index (χ2v) is 8.66. The van der Waals surface area contributed by atoms with Crippen LogP contribution < -0.4 is 15.2 Å². The quantitative estimate of drug-likeness (QED) is 0.829. The number of rotatable bonds is 6. The van der Waals surface area contributed by atoms with E-state index in [-0.39, 0.29) is 10.3 Å². The van der Waals surface area contributed by atoms with E-state index in [2.05, 4.69) is 19.2 Å². The van der Waals surface area contributed by atoms with Gasteiger partial charge in [0.2, 0.25) is 10.0 Å².